The van der Waals surface area contributed by atoms with E-state index in [1.165, 1.54) is 0 Å². The summed E-state index contributed by atoms with van der Waals surface area (Å²) in [5.41, 5.74) is 5.10. The molecule has 6 nitrogen and oxygen atoms in total. The van der Waals surface area contributed by atoms with Crippen molar-refractivity contribution in [1.29, 1.82) is 0 Å². The Hall–Kier alpha value is -0.920. The van der Waals surface area contributed by atoms with Gasteiger partial charge in [0.1, 0.15) is 0 Å². The predicted molar refractivity (Wildman–Crippen MR) is 84.3 cm³/mol. The summed E-state index contributed by atoms with van der Waals surface area (Å²) in [5.74, 6) is 0.776. The van der Waals surface area contributed by atoms with E-state index >= 15 is 0 Å². The Kier molecular flexibility index (Phi) is 5.95. The molecule has 1 rings (SSSR count). The zero-order valence-corrected chi connectivity index (χ0v) is 14.4. The highest BCUT2D eigenvalue weighted by atomic mass is 32.2. The molecule has 0 aliphatic rings. The van der Waals surface area contributed by atoms with Crippen molar-refractivity contribution < 1.29 is 8.42 Å². The summed E-state index contributed by atoms with van der Waals surface area (Å²) >= 11 is 0. The summed E-state index contributed by atoms with van der Waals surface area (Å²) < 4.78 is 29.4. The lowest BCUT2D eigenvalue weighted by molar-refractivity contribution is 0.344. The Labute approximate surface area is 128 Å². The maximum absolute atomic E-state index is 12.4. The van der Waals surface area contributed by atoms with E-state index < -0.39 is 15.6 Å². The van der Waals surface area contributed by atoms with Gasteiger partial charge in [-0.15, -0.1) is 0 Å². The Morgan fingerprint density at radius 2 is 1.95 bits per heavy atom. The lowest BCUT2D eigenvalue weighted by Crippen LogP contribution is -2.52. The molecule has 0 bridgehead atoms. The van der Waals surface area contributed by atoms with Crippen LogP contribution in [0, 0.1) is 11.8 Å². The lowest BCUT2D eigenvalue weighted by Gasteiger charge is -2.30. The lowest BCUT2D eigenvalue weighted by atomic mass is 9.92. The second-order valence-electron chi connectivity index (χ2n) is 6.77. The third-order valence-electron chi connectivity index (χ3n) is 3.15. The highest BCUT2D eigenvalue weighted by molar-refractivity contribution is 7.89. The first-order chi connectivity index (χ1) is 9.58. The number of rotatable bonds is 8. The van der Waals surface area contributed by atoms with E-state index in [0.717, 1.165) is 6.54 Å². The molecule has 0 saturated carbocycles. The smallest absolute Gasteiger partial charge is 0.260 e. The van der Waals surface area contributed by atoms with Crippen molar-refractivity contribution >= 4 is 10.0 Å². The van der Waals surface area contributed by atoms with Crippen LogP contribution in [0.15, 0.2) is 17.6 Å². The summed E-state index contributed by atoms with van der Waals surface area (Å²) in [5, 5.41) is 0.0478. The molecule has 0 aliphatic carbocycles. The van der Waals surface area contributed by atoms with E-state index in [1.54, 1.807) is 17.1 Å². The maximum atomic E-state index is 12.4. The average molecular weight is 316 g/mol. The minimum absolute atomic E-state index is 0.0478. The van der Waals surface area contributed by atoms with Crippen LogP contribution in [0.1, 0.15) is 41.0 Å². The van der Waals surface area contributed by atoms with Gasteiger partial charge in [-0.2, -0.15) is 0 Å². The topological polar surface area (TPSA) is 90.0 Å². The van der Waals surface area contributed by atoms with Gasteiger partial charge >= 0.3 is 0 Å². The monoisotopic (exact) mass is 316 g/mol. The van der Waals surface area contributed by atoms with Crippen LogP contribution in [0.2, 0.25) is 0 Å². The molecule has 1 atom stereocenters. The molecule has 0 spiro atoms. The van der Waals surface area contributed by atoms with Gasteiger partial charge in [-0.05, 0) is 25.2 Å². The SMILES string of the molecule is CC(C)Cn1cnc(S(=O)(=O)NC(C)(CN)CC(C)C)c1. The zero-order chi connectivity index (χ0) is 16.3. The first-order valence-corrected chi connectivity index (χ1v) is 8.82. The van der Waals surface area contributed by atoms with Crippen molar-refractivity contribution in [2.45, 2.75) is 58.1 Å². The Morgan fingerprint density at radius 3 is 2.43 bits per heavy atom. The second kappa shape index (κ2) is 6.89. The van der Waals surface area contributed by atoms with E-state index in [2.05, 4.69) is 23.6 Å². The molecule has 21 heavy (non-hydrogen) atoms. The first-order valence-electron chi connectivity index (χ1n) is 7.34. The van der Waals surface area contributed by atoms with Crippen molar-refractivity contribution in [3.8, 4) is 0 Å². The molecule has 3 N–H and O–H groups in total. The molecular formula is C14H28N4O2S. The van der Waals surface area contributed by atoms with Crippen LogP contribution in [0.25, 0.3) is 0 Å². The van der Waals surface area contributed by atoms with Crippen LogP contribution in [0.5, 0.6) is 0 Å². The average Bonchev–Trinajstić information content (AvgIpc) is 2.75. The number of nitrogens with two attached hydrogens (primary N) is 1. The summed E-state index contributed by atoms with van der Waals surface area (Å²) in [4.78, 5) is 4.01. The fourth-order valence-electron chi connectivity index (χ4n) is 2.44. The van der Waals surface area contributed by atoms with Gasteiger partial charge in [0.15, 0.2) is 5.03 Å². The summed E-state index contributed by atoms with van der Waals surface area (Å²) in [7, 11) is -3.65. The third kappa shape index (κ3) is 5.41. The molecule has 0 fully saturated rings. The molecule has 1 aromatic rings. The van der Waals surface area contributed by atoms with E-state index in [0.29, 0.717) is 18.3 Å². The summed E-state index contributed by atoms with van der Waals surface area (Å²) in [6.07, 6.45) is 3.79. The number of hydrogen-bond donors (Lipinski definition) is 2. The van der Waals surface area contributed by atoms with Gasteiger partial charge in [0.25, 0.3) is 10.0 Å². The Bertz CT molecular complexity index is 551. The molecule has 0 aliphatic heterocycles. The summed E-state index contributed by atoms with van der Waals surface area (Å²) in [6.45, 7) is 11.0. The molecule has 0 radical (unpaired) electrons. The van der Waals surface area contributed by atoms with Crippen LogP contribution in [-0.4, -0.2) is 30.1 Å². The van der Waals surface area contributed by atoms with Crippen LogP contribution in [0.4, 0.5) is 0 Å². The van der Waals surface area contributed by atoms with Gasteiger partial charge in [0.05, 0.1) is 6.33 Å². The largest absolute Gasteiger partial charge is 0.336 e. The van der Waals surface area contributed by atoms with Crippen LogP contribution in [0.3, 0.4) is 0 Å². The van der Waals surface area contributed by atoms with Gasteiger partial charge < -0.3 is 10.3 Å². The highest BCUT2D eigenvalue weighted by Gasteiger charge is 2.31. The number of imidazole rings is 1. The highest BCUT2D eigenvalue weighted by Crippen LogP contribution is 2.19. The van der Waals surface area contributed by atoms with Crippen molar-refractivity contribution in [2.75, 3.05) is 6.54 Å². The molecule has 1 unspecified atom stereocenters. The standard InChI is InChI=1S/C14H28N4O2S/c1-11(2)6-14(5,9-15)17-21(19,20)13-8-18(10-16-13)7-12(3)4/h8,10-12,17H,6-7,9,15H2,1-5H3. The van der Waals surface area contributed by atoms with E-state index in [9.17, 15) is 8.42 Å². The predicted octanol–water partition coefficient (Wildman–Crippen LogP) is 1.58. The Morgan fingerprint density at radius 1 is 1.33 bits per heavy atom. The van der Waals surface area contributed by atoms with Crippen LogP contribution >= 0.6 is 0 Å². The number of nitrogens with one attached hydrogen (secondary N) is 1. The number of hydrogen-bond acceptors (Lipinski definition) is 4. The fourth-order valence-corrected chi connectivity index (χ4v) is 3.82. The minimum atomic E-state index is -3.65. The van der Waals surface area contributed by atoms with E-state index in [-0.39, 0.29) is 11.6 Å². The molecule has 122 valence electrons. The molecule has 1 aromatic heterocycles. The van der Waals surface area contributed by atoms with Crippen LogP contribution < -0.4 is 10.5 Å². The quantitative estimate of drug-likeness (QED) is 0.762. The molecule has 0 aromatic carbocycles. The normalized spacial score (nSPS) is 15.6. The second-order valence-corrected chi connectivity index (χ2v) is 8.40. The molecule has 0 amide bonds. The van der Waals surface area contributed by atoms with Crippen LogP contribution in [-0.2, 0) is 16.6 Å². The first kappa shape index (κ1) is 18.1. The van der Waals surface area contributed by atoms with E-state index in [1.807, 2.05) is 20.8 Å². The van der Waals surface area contributed by atoms with Crippen molar-refractivity contribution in [2.24, 2.45) is 17.6 Å². The summed E-state index contributed by atoms with van der Waals surface area (Å²) in [6, 6.07) is 0. The van der Waals surface area contributed by atoms with Gasteiger partial charge in [-0.1, -0.05) is 27.7 Å². The minimum Gasteiger partial charge on any atom is -0.336 e. The van der Waals surface area contributed by atoms with Gasteiger partial charge in [0.2, 0.25) is 0 Å². The number of sulfonamides is 1. The van der Waals surface area contributed by atoms with Gasteiger partial charge in [0, 0.05) is 24.8 Å². The fraction of sp³-hybridized carbons (Fsp3) is 0.786. The Balaban J connectivity index is 2.92. The van der Waals surface area contributed by atoms with Crippen molar-refractivity contribution in [3.63, 3.8) is 0 Å². The van der Waals surface area contributed by atoms with Gasteiger partial charge in [-0.25, -0.2) is 18.1 Å². The van der Waals surface area contributed by atoms with Crippen molar-refractivity contribution in [1.82, 2.24) is 14.3 Å². The van der Waals surface area contributed by atoms with Gasteiger partial charge in [-0.3, -0.25) is 0 Å². The molecule has 7 heteroatoms. The van der Waals surface area contributed by atoms with E-state index in [4.69, 9.17) is 5.73 Å². The number of nitrogens with zero attached hydrogens (tertiary/aromatic N) is 2. The molecule has 0 saturated heterocycles. The molecule has 1 heterocycles. The molecular weight excluding hydrogens is 288 g/mol. The third-order valence-corrected chi connectivity index (χ3v) is 4.67. The number of aromatic nitrogens is 2. The van der Waals surface area contributed by atoms with Crippen molar-refractivity contribution in [3.05, 3.63) is 12.5 Å². The zero-order valence-electron chi connectivity index (χ0n) is 13.6. The maximum Gasteiger partial charge on any atom is 0.260 e.